The Morgan fingerprint density at radius 3 is 3.05 bits per heavy atom. The van der Waals surface area contributed by atoms with E-state index in [4.69, 9.17) is 0 Å². The molecule has 0 radical (unpaired) electrons. The summed E-state index contributed by atoms with van der Waals surface area (Å²) in [6.45, 7) is 1.04. The van der Waals surface area contributed by atoms with Gasteiger partial charge < -0.3 is 9.88 Å². The van der Waals surface area contributed by atoms with Crippen molar-refractivity contribution in [2.75, 3.05) is 11.9 Å². The molecule has 3 rings (SSSR count). The summed E-state index contributed by atoms with van der Waals surface area (Å²) in [5.74, 6) is 0.674. The normalized spacial score (nSPS) is 14.1. The lowest BCUT2D eigenvalue weighted by atomic mass is 10.2. The first-order valence-corrected chi connectivity index (χ1v) is 7.87. The number of anilines is 1. The number of sulfonamides is 1. The van der Waals surface area contributed by atoms with Gasteiger partial charge >= 0.3 is 0 Å². The van der Waals surface area contributed by atoms with Crippen LogP contribution >= 0.6 is 0 Å². The maximum atomic E-state index is 12.3. The summed E-state index contributed by atoms with van der Waals surface area (Å²) in [5, 5.41) is 3.18. The zero-order valence-corrected chi connectivity index (χ0v) is 11.9. The molecule has 0 bridgehead atoms. The summed E-state index contributed by atoms with van der Waals surface area (Å²) < 4.78 is 28.9. The Kier molecular flexibility index (Phi) is 3.23. The lowest BCUT2D eigenvalue weighted by molar-refractivity contribution is 0.577. The molecule has 0 unspecified atom stereocenters. The van der Waals surface area contributed by atoms with Crippen LogP contribution in [0, 0.1) is 0 Å². The monoisotopic (exact) mass is 292 g/mol. The SMILES string of the molecule is Cn1ccnc1CNS(=O)(=O)c1ccc2c(c1)NCC2. The smallest absolute Gasteiger partial charge is 0.241 e. The highest BCUT2D eigenvalue weighted by molar-refractivity contribution is 7.89. The van der Waals surface area contributed by atoms with Gasteiger partial charge in [0.2, 0.25) is 10.0 Å². The Hall–Kier alpha value is -1.86. The van der Waals surface area contributed by atoms with Crippen LogP contribution in [0.2, 0.25) is 0 Å². The fourth-order valence-corrected chi connectivity index (χ4v) is 3.25. The Bertz CT molecular complexity index is 737. The number of aryl methyl sites for hydroxylation is 1. The molecule has 20 heavy (non-hydrogen) atoms. The van der Waals surface area contributed by atoms with Crippen molar-refractivity contribution in [3.05, 3.63) is 42.0 Å². The molecule has 0 amide bonds. The van der Waals surface area contributed by atoms with E-state index >= 15 is 0 Å². The van der Waals surface area contributed by atoms with Gasteiger partial charge in [-0.3, -0.25) is 0 Å². The second-order valence-electron chi connectivity index (χ2n) is 4.77. The highest BCUT2D eigenvalue weighted by Gasteiger charge is 2.18. The van der Waals surface area contributed by atoms with Crippen LogP contribution in [-0.4, -0.2) is 24.5 Å². The van der Waals surface area contributed by atoms with E-state index in [1.807, 2.05) is 13.1 Å². The largest absolute Gasteiger partial charge is 0.384 e. The van der Waals surface area contributed by atoms with Gasteiger partial charge in [-0.1, -0.05) is 6.07 Å². The van der Waals surface area contributed by atoms with Crippen molar-refractivity contribution < 1.29 is 8.42 Å². The van der Waals surface area contributed by atoms with Crippen LogP contribution < -0.4 is 10.0 Å². The van der Waals surface area contributed by atoms with Crippen molar-refractivity contribution in [3.8, 4) is 0 Å². The molecular formula is C13H16N4O2S. The first kappa shape index (κ1) is 13.1. The molecule has 0 spiro atoms. The predicted molar refractivity (Wildman–Crippen MR) is 75.9 cm³/mol. The van der Waals surface area contributed by atoms with E-state index in [1.54, 1.807) is 29.1 Å². The zero-order chi connectivity index (χ0) is 14.2. The minimum absolute atomic E-state index is 0.177. The summed E-state index contributed by atoms with van der Waals surface area (Å²) in [4.78, 5) is 4.37. The Morgan fingerprint density at radius 2 is 2.30 bits per heavy atom. The van der Waals surface area contributed by atoms with Crippen molar-refractivity contribution in [2.24, 2.45) is 7.05 Å². The number of nitrogens with zero attached hydrogens (tertiary/aromatic N) is 2. The number of fused-ring (bicyclic) bond motifs is 1. The Morgan fingerprint density at radius 1 is 1.45 bits per heavy atom. The van der Waals surface area contributed by atoms with Gasteiger partial charge in [-0.25, -0.2) is 18.1 Å². The molecular weight excluding hydrogens is 276 g/mol. The minimum Gasteiger partial charge on any atom is -0.384 e. The summed E-state index contributed by atoms with van der Waals surface area (Å²) in [6.07, 6.45) is 4.36. The molecule has 1 aliphatic heterocycles. The van der Waals surface area contributed by atoms with Crippen LogP contribution in [0.25, 0.3) is 0 Å². The van der Waals surface area contributed by atoms with E-state index in [0.717, 1.165) is 24.2 Å². The molecule has 7 heteroatoms. The van der Waals surface area contributed by atoms with Crippen LogP contribution in [0.5, 0.6) is 0 Å². The van der Waals surface area contributed by atoms with Gasteiger partial charge in [-0.2, -0.15) is 0 Å². The third-order valence-electron chi connectivity index (χ3n) is 3.44. The molecule has 1 aromatic carbocycles. The zero-order valence-electron chi connectivity index (χ0n) is 11.1. The lowest BCUT2D eigenvalue weighted by Gasteiger charge is -2.08. The van der Waals surface area contributed by atoms with Gasteiger partial charge in [-0.05, 0) is 24.1 Å². The number of aromatic nitrogens is 2. The maximum Gasteiger partial charge on any atom is 0.241 e. The van der Waals surface area contributed by atoms with E-state index < -0.39 is 10.0 Å². The molecule has 2 heterocycles. The van der Waals surface area contributed by atoms with Crippen LogP contribution in [0.15, 0.2) is 35.5 Å². The molecule has 0 atom stereocenters. The molecule has 1 aromatic heterocycles. The number of rotatable bonds is 4. The Labute approximate surface area is 117 Å². The topological polar surface area (TPSA) is 76.0 Å². The molecule has 2 aromatic rings. The minimum atomic E-state index is -3.52. The van der Waals surface area contributed by atoms with Crippen LogP contribution in [-0.2, 0) is 30.0 Å². The first-order chi connectivity index (χ1) is 9.56. The fourth-order valence-electron chi connectivity index (χ4n) is 2.25. The number of hydrogen-bond acceptors (Lipinski definition) is 4. The molecule has 0 saturated heterocycles. The second-order valence-corrected chi connectivity index (χ2v) is 6.54. The van der Waals surface area contributed by atoms with Gasteiger partial charge in [0.05, 0.1) is 11.4 Å². The summed E-state index contributed by atoms with van der Waals surface area (Å²) in [5.41, 5.74) is 2.07. The van der Waals surface area contributed by atoms with Crippen molar-refractivity contribution in [1.29, 1.82) is 0 Å². The summed E-state index contributed by atoms with van der Waals surface area (Å²) >= 11 is 0. The summed E-state index contributed by atoms with van der Waals surface area (Å²) in [7, 11) is -1.69. The molecule has 0 fully saturated rings. The summed E-state index contributed by atoms with van der Waals surface area (Å²) in [6, 6.07) is 5.19. The standard InChI is InChI=1S/C13H16N4O2S/c1-17-7-6-15-13(17)9-16-20(18,19)11-3-2-10-4-5-14-12(10)8-11/h2-3,6-8,14,16H,4-5,9H2,1H3. The van der Waals surface area contributed by atoms with Crippen molar-refractivity contribution in [2.45, 2.75) is 17.9 Å². The fraction of sp³-hybridized carbons (Fsp3) is 0.308. The quantitative estimate of drug-likeness (QED) is 0.876. The van der Waals surface area contributed by atoms with E-state index in [1.165, 1.54) is 0 Å². The van der Waals surface area contributed by atoms with Crippen molar-refractivity contribution in [1.82, 2.24) is 14.3 Å². The third-order valence-corrected chi connectivity index (χ3v) is 4.84. The van der Waals surface area contributed by atoms with Crippen molar-refractivity contribution in [3.63, 3.8) is 0 Å². The Balaban J connectivity index is 1.80. The van der Waals surface area contributed by atoms with Gasteiger partial charge in [0.15, 0.2) is 0 Å². The molecule has 0 saturated carbocycles. The molecule has 1 aliphatic rings. The molecule has 106 valence electrons. The van der Waals surface area contributed by atoms with Crippen LogP contribution in [0.3, 0.4) is 0 Å². The number of benzene rings is 1. The van der Waals surface area contributed by atoms with Gasteiger partial charge in [0.25, 0.3) is 0 Å². The average Bonchev–Trinajstić information content (AvgIpc) is 3.04. The predicted octanol–water partition coefficient (Wildman–Crippen LogP) is 0.867. The second kappa shape index (κ2) is 4.92. The molecule has 2 N–H and O–H groups in total. The maximum absolute atomic E-state index is 12.3. The van der Waals surface area contributed by atoms with Crippen molar-refractivity contribution >= 4 is 15.7 Å². The van der Waals surface area contributed by atoms with Gasteiger partial charge in [-0.15, -0.1) is 0 Å². The first-order valence-electron chi connectivity index (χ1n) is 6.39. The van der Waals surface area contributed by atoms with Gasteiger partial charge in [0, 0.05) is 31.7 Å². The van der Waals surface area contributed by atoms with E-state index in [0.29, 0.717) is 5.82 Å². The van der Waals surface area contributed by atoms with E-state index in [9.17, 15) is 8.42 Å². The van der Waals surface area contributed by atoms with Crippen LogP contribution in [0.1, 0.15) is 11.4 Å². The highest BCUT2D eigenvalue weighted by atomic mass is 32.2. The van der Waals surface area contributed by atoms with E-state index in [-0.39, 0.29) is 11.4 Å². The average molecular weight is 292 g/mol. The highest BCUT2D eigenvalue weighted by Crippen LogP contribution is 2.25. The molecule has 6 nitrogen and oxygen atoms in total. The van der Waals surface area contributed by atoms with Gasteiger partial charge in [0.1, 0.15) is 5.82 Å². The molecule has 0 aliphatic carbocycles. The lowest BCUT2D eigenvalue weighted by Crippen LogP contribution is -2.24. The van der Waals surface area contributed by atoms with Crippen LogP contribution in [0.4, 0.5) is 5.69 Å². The number of hydrogen-bond donors (Lipinski definition) is 2. The van der Waals surface area contributed by atoms with E-state index in [2.05, 4.69) is 15.0 Å². The third kappa shape index (κ3) is 2.41. The number of nitrogens with one attached hydrogen (secondary N) is 2. The number of imidazole rings is 1.